The van der Waals surface area contributed by atoms with Gasteiger partial charge in [-0.2, -0.15) is 0 Å². The highest BCUT2D eigenvalue weighted by atomic mass is 35.5. The second kappa shape index (κ2) is 9.82. The summed E-state index contributed by atoms with van der Waals surface area (Å²) in [7, 11) is 0. The summed E-state index contributed by atoms with van der Waals surface area (Å²) in [5.74, 6) is 0.817. The number of unbranched alkanes of at least 4 members (excludes halogenated alkanes) is 3. The van der Waals surface area contributed by atoms with E-state index in [0.29, 0.717) is 0 Å². The molecule has 1 aromatic heterocycles. The van der Waals surface area contributed by atoms with Gasteiger partial charge >= 0.3 is 0 Å². The van der Waals surface area contributed by atoms with Crippen LogP contribution < -0.4 is 5.73 Å². The van der Waals surface area contributed by atoms with Crippen molar-refractivity contribution in [2.45, 2.75) is 58.3 Å². The number of hydrogen-bond acceptors (Lipinski definition) is 2. The van der Waals surface area contributed by atoms with Gasteiger partial charge in [0, 0.05) is 4.88 Å². The Bertz CT molecular complexity index is 301. The van der Waals surface area contributed by atoms with Gasteiger partial charge in [0.25, 0.3) is 0 Å². The predicted octanol–water partition coefficient (Wildman–Crippen LogP) is 5.27. The first-order valence-corrected chi connectivity index (χ1v) is 8.40. The van der Waals surface area contributed by atoms with E-state index in [9.17, 15) is 0 Å². The third kappa shape index (κ3) is 6.77. The van der Waals surface area contributed by atoms with Crippen LogP contribution in [-0.2, 0) is 6.42 Å². The van der Waals surface area contributed by atoms with Crippen molar-refractivity contribution in [2.24, 2.45) is 11.7 Å². The molecule has 0 bridgehead atoms. The number of halogens is 1. The van der Waals surface area contributed by atoms with E-state index in [-0.39, 0.29) is 0 Å². The Morgan fingerprint density at radius 3 is 2.44 bits per heavy atom. The highest BCUT2D eigenvalue weighted by molar-refractivity contribution is 7.16. The highest BCUT2D eigenvalue weighted by Gasteiger charge is 2.11. The topological polar surface area (TPSA) is 26.0 Å². The number of nitrogens with two attached hydrogens (primary N) is 1. The standard InChI is InChI=1S/C15H26ClNS/c1-2-3-4-7-13(8-5-6-11-17)12-14-9-10-15(16)18-14/h9-10,13H,2-8,11-12,17H2,1H3. The molecule has 0 spiro atoms. The summed E-state index contributed by atoms with van der Waals surface area (Å²) in [5, 5.41) is 0. The van der Waals surface area contributed by atoms with Crippen LogP contribution in [0.1, 0.15) is 56.7 Å². The zero-order valence-electron chi connectivity index (χ0n) is 11.5. The molecule has 1 heterocycles. The maximum atomic E-state index is 6.00. The van der Waals surface area contributed by atoms with Crippen molar-refractivity contribution in [3.63, 3.8) is 0 Å². The van der Waals surface area contributed by atoms with Gasteiger partial charge < -0.3 is 5.73 Å². The monoisotopic (exact) mass is 287 g/mol. The Morgan fingerprint density at radius 2 is 1.89 bits per heavy atom. The van der Waals surface area contributed by atoms with Gasteiger partial charge in [-0.25, -0.2) is 0 Å². The lowest BCUT2D eigenvalue weighted by Crippen LogP contribution is -2.06. The van der Waals surface area contributed by atoms with Gasteiger partial charge in [-0.1, -0.05) is 57.0 Å². The molecule has 0 aliphatic carbocycles. The zero-order chi connectivity index (χ0) is 13.2. The van der Waals surface area contributed by atoms with Crippen molar-refractivity contribution >= 4 is 22.9 Å². The Balaban J connectivity index is 2.37. The Morgan fingerprint density at radius 1 is 1.17 bits per heavy atom. The van der Waals surface area contributed by atoms with E-state index >= 15 is 0 Å². The minimum atomic E-state index is 0.817. The third-order valence-electron chi connectivity index (χ3n) is 3.40. The van der Waals surface area contributed by atoms with E-state index in [1.165, 1.54) is 49.8 Å². The van der Waals surface area contributed by atoms with E-state index in [1.807, 2.05) is 6.07 Å². The molecule has 0 aliphatic rings. The van der Waals surface area contributed by atoms with Gasteiger partial charge in [-0.3, -0.25) is 0 Å². The van der Waals surface area contributed by atoms with Crippen LogP contribution in [0.2, 0.25) is 4.34 Å². The fraction of sp³-hybridized carbons (Fsp3) is 0.733. The van der Waals surface area contributed by atoms with Gasteiger partial charge in [-0.15, -0.1) is 11.3 Å². The summed E-state index contributed by atoms with van der Waals surface area (Å²) >= 11 is 7.73. The van der Waals surface area contributed by atoms with Crippen LogP contribution in [0.25, 0.3) is 0 Å². The molecule has 0 saturated carbocycles. The molecule has 104 valence electrons. The number of rotatable bonds is 10. The van der Waals surface area contributed by atoms with Gasteiger partial charge in [0.1, 0.15) is 0 Å². The molecule has 2 N–H and O–H groups in total. The van der Waals surface area contributed by atoms with Crippen molar-refractivity contribution in [1.29, 1.82) is 0 Å². The van der Waals surface area contributed by atoms with Crippen molar-refractivity contribution in [3.8, 4) is 0 Å². The van der Waals surface area contributed by atoms with Crippen LogP contribution in [0.15, 0.2) is 12.1 Å². The molecule has 1 unspecified atom stereocenters. The van der Waals surface area contributed by atoms with Crippen molar-refractivity contribution in [3.05, 3.63) is 21.3 Å². The number of thiophene rings is 1. The molecule has 1 atom stereocenters. The molecule has 0 saturated heterocycles. The third-order valence-corrected chi connectivity index (χ3v) is 4.65. The van der Waals surface area contributed by atoms with E-state index in [1.54, 1.807) is 11.3 Å². The average Bonchev–Trinajstić information content (AvgIpc) is 2.75. The van der Waals surface area contributed by atoms with Crippen LogP contribution >= 0.6 is 22.9 Å². The summed E-state index contributed by atoms with van der Waals surface area (Å²) in [4.78, 5) is 1.44. The Kier molecular flexibility index (Phi) is 8.74. The second-order valence-electron chi connectivity index (χ2n) is 5.06. The smallest absolute Gasteiger partial charge is 0.0931 e. The van der Waals surface area contributed by atoms with E-state index in [4.69, 9.17) is 17.3 Å². The van der Waals surface area contributed by atoms with Crippen molar-refractivity contribution in [2.75, 3.05) is 6.54 Å². The van der Waals surface area contributed by atoms with Gasteiger partial charge in [0.2, 0.25) is 0 Å². The number of hydrogen-bond donors (Lipinski definition) is 1. The lowest BCUT2D eigenvalue weighted by atomic mass is 9.92. The van der Waals surface area contributed by atoms with Crippen LogP contribution in [0, 0.1) is 5.92 Å². The Hall–Kier alpha value is -0.0500. The molecule has 0 fully saturated rings. The predicted molar refractivity (Wildman–Crippen MR) is 83.6 cm³/mol. The molecular weight excluding hydrogens is 262 g/mol. The minimum Gasteiger partial charge on any atom is -0.330 e. The largest absolute Gasteiger partial charge is 0.330 e. The normalized spacial score (nSPS) is 12.8. The summed E-state index contributed by atoms with van der Waals surface area (Å²) < 4.78 is 0.916. The first kappa shape index (κ1) is 16.0. The minimum absolute atomic E-state index is 0.817. The first-order chi connectivity index (χ1) is 8.76. The van der Waals surface area contributed by atoms with Crippen LogP contribution in [0.4, 0.5) is 0 Å². The molecule has 3 heteroatoms. The quantitative estimate of drug-likeness (QED) is 0.583. The molecule has 0 aliphatic heterocycles. The molecule has 0 amide bonds. The summed E-state index contributed by atoms with van der Waals surface area (Å²) in [5.41, 5.74) is 5.58. The lowest BCUT2D eigenvalue weighted by Gasteiger charge is -2.15. The molecule has 1 aromatic rings. The maximum absolute atomic E-state index is 6.00. The van der Waals surface area contributed by atoms with Crippen molar-refractivity contribution in [1.82, 2.24) is 0 Å². The molecule has 0 radical (unpaired) electrons. The molecule has 1 nitrogen and oxygen atoms in total. The fourth-order valence-electron chi connectivity index (χ4n) is 2.35. The van der Waals surface area contributed by atoms with Crippen molar-refractivity contribution < 1.29 is 0 Å². The summed E-state index contributed by atoms with van der Waals surface area (Å²) in [6.07, 6.45) is 10.3. The summed E-state index contributed by atoms with van der Waals surface area (Å²) in [6.45, 7) is 3.09. The van der Waals surface area contributed by atoms with Gasteiger partial charge in [-0.05, 0) is 37.4 Å². The molecular formula is C15H26ClNS. The Labute approximate surface area is 121 Å². The average molecular weight is 288 g/mol. The van der Waals surface area contributed by atoms with E-state index in [2.05, 4.69) is 13.0 Å². The fourth-order valence-corrected chi connectivity index (χ4v) is 3.56. The SMILES string of the molecule is CCCCCC(CCCCN)Cc1ccc(Cl)s1. The highest BCUT2D eigenvalue weighted by Crippen LogP contribution is 2.27. The molecule has 1 rings (SSSR count). The summed E-state index contributed by atoms with van der Waals surface area (Å²) in [6, 6.07) is 4.20. The van der Waals surface area contributed by atoms with Crippen LogP contribution in [0.5, 0.6) is 0 Å². The first-order valence-electron chi connectivity index (χ1n) is 7.20. The van der Waals surface area contributed by atoms with Crippen LogP contribution in [-0.4, -0.2) is 6.54 Å². The van der Waals surface area contributed by atoms with Gasteiger partial charge in [0.15, 0.2) is 0 Å². The lowest BCUT2D eigenvalue weighted by molar-refractivity contribution is 0.412. The molecule has 0 aromatic carbocycles. The van der Waals surface area contributed by atoms with Gasteiger partial charge in [0.05, 0.1) is 4.34 Å². The van der Waals surface area contributed by atoms with E-state index in [0.717, 1.165) is 23.2 Å². The van der Waals surface area contributed by atoms with E-state index < -0.39 is 0 Å². The van der Waals surface area contributed by atoms with Crippen LogP contribution in [0.3, 0.4) is 0 Å². The zero-order valence-corrected chi connectivity index (χ0v) is 13.0. The maximum Gasteiger partial charge on any atom is 0.0931 e. The second-order valence-corrected chi connectivity index (χ2v) is 6.86. The molecule has 18 heavy (non-hydrogen) atoms.